The summed E-state index contributed by atoms with van der Waals surface area (Å²) in [6, 6.07) is 7.79. The highest BCUT2D eigenvalue weighted by Crippen LogP contribution is 2.18. The molecule has 1 aromatic heterocycles. The minimum absolute atomic E-state index is 0.123. The lowest BCUT2D eigenvalue weighted by Crippen LogP contribution is -2.14. The van der Waals surface area contributed by atoms with Crippen molar-refractivity contribution in [2.75, 3.05) is 5.32 Å². The molecule has 2 rings (SSSR count). The van der Waals surface area contributed by atoms with Gasteiger partial charge in [-0.25, -0.2) is 0 Å². The van der Waals surface area contributed by atoms with E-state index < -0.39 is 0 Å². The summed E-state index contributed by atoms with van der Waals surface area (Å²) in [6.07, 6.45) is 1.86. The molecule has 0 aliphatic carbocycles. The number of aryl methyl sites for hydroxylation is 1. The van der Waals surface area contributed by atoms with E-state index in [2.05, 4.69) is 33.0 Å². The third-order valence-electron chi connectivity index (χ3n) is 2.82. The van der Waals surface area contributed by atoms with Crippen molar-refractivity contribution in [2.45, 2.75) is 26.8 Å². The lowest BCUT2D eigenvalue weighted by Gasteiger charge is -2.07. The summed E-state index contributed by atoms with van der Waals surface area (Å²) in [5.74, 6) is 0.457. The third-order valence-corrected chi connectivity index (χ3v) is 4.25. The van der Waals surface area contributed by atoms with Crippen molar-refractivity contribution in [1.29, 1.82) is 0 Å². The van der Waals surface area contributed by atoms with Crippen LogP contribution in [-0.2, 0) is 0 Å². The number of benzene rings is 1. The number of amides is 1. The zero-order chi connectivity index (χ0) is 14.0. The van der Waals surface area contributed by atoms with Gasteiger partial charge in [0.05, 0.1) is 5.56 Å². The highest BCUT2D eigenvalue weighted by Gasteiger charge is 2.12. The van der Waals surface area contributed by atoms with Crippen molar-refractivity contribution in [3.05, 3.63) is 45.2 Å². The number of anilines is 1. The number of halogens is 1. The summed E-state index contributed by atoms with van der Waals surface area (Å²) in [7, 11) is 0. The summed E-state index contributed by atoms with van der Waals surface area (Å²) >= 11 is 2.19. The number of hydrogen-bond acceptors (Lipinski definition) is 2. The van der Waals surface area contributed by atoms with Crippen LogP contribution in [0.5, 0.6) is 0 Å². The first-order chi connectivity index (χ1) is 8.99. The quantitative estimate of drug-likeness (QED) is 0.840. The minimum atomic E-state index is -0.123. The number of hydrogen-bond donors (Lipinski definition) is 1. The van der Waals surface area contributed by atoms with Crippen LogP contribution >= 0.6 is 22.6 Å². The molecule has 4 nitrogen and oxygen atoms in total. The number of aromatic nitrogens is 2. The Morgan fingerprint density at radius 3 is 2.74 bits per heavy atom. The van der Waals surface area contributed by atoms with Crippen molar-refractivity contribution in [1.82, 2.24) is 9.78 Å². The number of rotatable bonds is 3. The van der Waals surface area contributed by atoms with Crippen LogP contribution in [0.3, 0.4) is 0 Å². The maximum atomic E-state index is 12.2. The van der Waals surface area contributed by atoms with Gasteiger partial charge in [0, 0.05) is 21.9 Å². The van der Waals surface area contributed by atoms with Gasteiger partial charge in [-0.15, -0.1) is 0 Å². The molecule has 0 spiro atoms. The molecular weight excluding hydrogens is 353 g/mol. The van der Waals surface area contributed by atoms with E-state index in [4.69, 9.17) is 0 Å². The van der Waals surface area contributed by atoms with Gasteiger partial charge >= 0.3 is 0 Å². The van der Waals surface area contributed by atoms with E-state index in [-0.39, 0.29) is 11.9 Å². The van der Waals surface area contributed by atoms with Crippen molar-refractivity contribution in [3.8, 4) is 0 Å². The molecular formula is C14H16IN3O. The Hall–Kier alpha value is -1.37. The molecule has 19 heavy (non-hydrogen) atoms. The first-order valence-electron chi connectivity index (χ1n) is 6.10. The highest BCUT2D eigenvalue weighted by molar-refractivity contribution is 14.1. The van der Waals surface area contributed by atoms with Gasteiger partial charge < -0.3 is 5.32 Å². The van der Waals surface area contributed by atoms with Crippen LogP contribution in [0.25, 0.3) is 0 Å². The lowest BCUT2D eigenvalue weighted by molar-refractivity contribution is 0.102. The van der Waals surface area contributed by atoms with E-state index in [1.54, 1.807) is 6.07 Å². The average Bonchev–Trinajstić information content (AvgIpc) is 2.81. The monoisotopic (exact) mass is 369 g/mol. The van der Waals surface area contributed by atoms with Crippen LogP contribution in [0.15, 0.2) is 30.5 Å². The molecule has 0 atom stereocenters. The van der Waals surface area contributed by atoms with E-state index in [1.165, 1.54) is 0 Å². The van der Waals surface area contributed by atoms with Crippen LogP contribution in [0.4, 0.5) is 5.82 Å². The van der Waals surface area contributed by atoms with Gasteiger partial charge in [-0.1, -0.05) is 12.1 Å². The Labute approximate surface area is 126 Å². The van der Waals surface area contributed by atoms with Gasteiger partial charge in [0.2, 0.25) is 0 Å². The Kier molecular flexibility index (Phi) is 4.24. The molecule has 0 fully saturated rings. The van der Waals surface area contributed by atoms with Crippen LogP contribution in [0.2, 0.25) is 0 Å². The molecule has 1 amide bonds. The van der Waals surface area contributed by atoms with Gasteiger partial charge in [-0.3, -0.25) is 9.48 Å². The Morgan fingerprint density at radius 2 is 2.11 bits per heavy atom. The molecule has 0 unspecified atom stereocenters. The summed E-state index contributed by atoms with van der Waals surface area (Å²) in [6.45, 7) is 6.08. The fraction of sp³-hybridized carbons (Fsp3) is 0.286. The first kappa shape index (κ1) is 14.0. The smallest absolute Gasteiger partial charge is 0.257 e. The van der Waals surface area contributed by atoms with Crippen LogP contribution in [0.1, 0.15) is 35.8 Å². The van der Waals surface area contributed by atoms with Gasteiger partial charge in [0.1, 0.15) is 0 Å². The van der Waals surface area contributed by atoms with Gasteiger partial charge in [-0.2, -0.15) is 5.10 Å². The fourth-order valence-corrected chi connectivity index (χ4v) is 2.30. The van der Waals surface area contributed by atoms with Crippen LogP contribution in [-0.4, -0.2) is 15.7 Å². The number of carbonyl (C=O) groups excluding carboxylic acids is 1. The maximum absolute atomic E-state index is 12.2. The molecule has 5 heteroatoms. The predicted molar refractivity (Wildman–Crippen MR) is 84.5 cm³/mol. The summed E-state index contributed by atoms with van der Waals surface area (Å²) in [5.41, 5.74) is 1.78. The SMILES string of the molecule is Cc1cccc(C(=O)Nc2ccn(C(C)C)n2)c1I. The molecule has 0 saturated heterocycles. The Balaban J connectivity index is 2.18. The molecule has 2 aromatic rings. The molecule has 100 valence electrons. The first-order valence-corrected chi connectivity index (χ1v) is 7.18. The van der Waals surface area contributed by atoms with Crippen molar-refractivity contribution >= 4 is 34.3 Å². The van der Waals surface area contributed by atoms with Crippen LogP contribution in [0, 0.1) is 10.5 Å². The predicted octanol–water partition coefficient (Wildman–Crippen LogP) is 3.63. The van der Waals surface area contributed by atoms with Crippen molar-refractivity contribution < 1.29 is 4.79 Å². The molecule has 0 aliphatic rings. The summed E-state index contributed by atoms with van der Waals surface area (Å²) in [4.78, 5) is 12.2. The van der Waals surface area contributed by atoms with Crippen LogP contribution < -0.4 is 5.32 Å². The van der Waals surface area contributed by atoms with Crippen molar-refractivity contribution in [3.63, 3.8) is 0 Å². The van der Waals surface area contributed by atoms with E-state index in [0.717, 1.165) is 9.13 Å². The molecule has 1 heterocycles. The van der Waals surface area contributed by atoms with E-state index in [0.29, 0.717) is 11.4 Å². The number of nitrogens with one attached hydrogen (secondary N) is 1. The topological polar surface area (TPSA) is 46.9 Å². The third kappa shape index (κ3) is 3.15. The second-order valence-electron chi connectivity index (χ2n) is 4.67. The van der Waals surface area contributed by atoms with Gasteiger partial charge in [0.15, 0.2) is 5.82 Å². The van der Waals surface area contributed by atoms with E-state index in [9.17, 15) is 4.79 Å². The lowest BCUT2D eigenvalue weighted by atomic mass is 10.1. The highest BCUT2D eigenvalue weighted by atomic mass is 127. The second-order valence-corrected chi connectivity index (χ2v) is 5.74. The second kappa shape index (κ2) is 5.73. The average molecular weight is 369 g/mol. The number of nitrogens with zero attached hydrogens (tertiary/aromatic N) is 2. The zero-order valence-corrected chi connectivity index (χ0v) is 13.3. The molecule has 0 radical (unpaired) electrons. The Bertz CT molecular complexity index is 604. The molecule has 0 saturated carbocycles. The normalized spacial score (nSPS) is 10.8. The minimum Gasteiger partial charge on any atom is -0.305 e. The zero-order valence-electron chi connectivity index (χ0n) is 11.1. The van der Waals surface area contributed by atoms with E-state index >= 15 is 0 Å². The summed E-state index contributed by atoms with van der Waals surface area (Å²) < 4.78 is 2.79. The molecule has 1 aromatic carbocycles. The van der Waals surface area contributed by atoms with E-state index in [1.807, 2.05) is 49.8 Å². The maximum Gasteiger partial charge on any atom is 0.257 e. The van der Waals surface area contributed by atoms with Gasteiger partial charge in [0.25, 0.3) is 5.91 Å². The molecule has 0 aliphatic heterocycles. The molecule has 0 bridgehead atoms. The Morgan fingerprint density at radius 1 is 1.37 bits per heavy atom. The summed E-state index contributed by atoms with van der Waals surface area (Å²) in [5, 5.41) is 7.14. The van der Waals surface area contributed by atoms with Gasteiger partial charge in [-0.05, 0) is 55.0 Å². The number of carbonyl (C=O) groups is 1. The molecule has 1 N–H and O–H groups in total. The largest absolute Gasteiger partial charge is 0.305 e. The fourth-order valence-electron chi connectivity index (χ4n) is 1.70. The standard InChI is InChI=1S/C14H16IN3O/c1-9(2)18-8-7-12(17-18)16-14(19)11-6-4-5-10(3)13(11)15/h4-9H,1-3H3,(H,16,17,19). The van der Waals surface area contributed by atoms with Crippen molar-refractivity contribution in [2.24, 2.45) is 0 Å².